The first-order valence-corrected chi connectivity index (χ1v) is 5.78. The second kappa shape index (κ2) is 5.58. The van der Waals surface area contributed by atoms with Crippen LogP contribution in [0.25, 0.3) is 0 Å². The number of fused-ring (bicyclic) bond motifs is 1. The predicted octanol–water partition coefficient (Wildman–Crippen LogP) is 2.67. The number of aromatic nitrogens is 1. The van der Waals surface area contributed by atoms with E-state index in [4.69, 9.17) is 9.47 Å². The van der Waals surface area contributed by atoms with Crippen molar-refractivity contribution in [1.82, 2.24) is 4.98 Å². The fourth-order valence-corrected chi connectivity index (χ4v) is 2.10. The van der Waals surface area contributed by atoms with Gasteiger partial charge in [0.25, 0.3) is 6.43 Å². The van der Waals surface area contributed by atoms with Crippen LogP contribution in [0.15, 0.2) is 6.07 Å². The molecule has 100 valence electrons. The molecule has 1 aromatic rings. The number of alkyl halides is 2. The Morgan fingerprint density at radius 2 is 2.06 bits per heavy atom. The summed E-state index contributed by atoms with van der Waals surface area (Å²) < 4.78 is 36.2. The Morgan fingerprint density at radius 1 is 1.33 bits per heavy atom. The fraction of sp³-hybridized carbons (Fsp3) is 0.583. The molecule has 2 heterocycles. The maximum atomic E-state index is 13.1. The molecule has 4 nitrogen and oxygen atoms in total. The first-order valence-electron chi connectivity index (χ1n) is 5.78. The Morgan fingerprint density at radius 3 is 2.67 bits per heavy atom. The summed E-state index contributed by atoms with van der Waals surface area (Å²) in [5, 5.41) is 3.11. The molecule has 0 bridgehead atoms. The molecule has 0 radical (unpaired) electrons. The molecule has 0 aliphatic carbocycles. The molecule has 1 aromatic heterocycles. The topological polar surface area (TPSA) is 43.4 Å². The smallest absolute Gasteiger partial charge is 0.265 e. The zero-order valence-corrected chi connectivity index (χ0v) is 10.4. The summed E-state index contributed by atoms with van der Waals surface area (Å²) in [7, 11) is 2.80. The lowest BCUT2D eigenvalue weighted by Gasteiger charge is -2.22. The Hall–Kier alpha value is -1.27. The molecule has 0 saturated carbocycles. The van der Waals surface area contributed by atoms with Crippen molar-refractivity contribution in [2.24, 2.45) is 0 Å². The van der Waals surface area contributed by atoms with Gasteiger partial charge in [0.05, 0.1) is 0 Å². The van der Waals surface area contributed by atoms with E-state index in [1.807, 2.05) is 0 Å². The highest BCUT2D eigenvalue weighted by molar-refractivity contribution is 5.50. The van der Waals surface area contributed by atoms with Gasteiger partial charge in [0.2, 0.25) is 6.29 Å². The van der Waals surface area contributed by atoms with Gasteiger partial charge >= 0.3 is 0 Å². The first-order chi connectivity index (χ1) is 8.67. The van der Waals surface area contributed by atoms with E-state index in [1.54, 1.807) is 0 Å². The first kappa shape index (κ1) is 13.2. The summed E-state index contributed by atoms with van der Waals surface area (Å²) in [5.41, 5.74) is 0.848. The highest BCUT2D eigenvalue weighted by Gasteiger charge is 2.25. The monoisotopic (exact) mass is 258 g/mol. The molecule has 0 saturated heterocycles. The van der Waals surface area contributed by atoms with E-state index >= 15 is 0 Å². The quantitative estimate of drug-likeness (QED) is 0.843. The van der Waals surface area contributed by atoms with Gasteiger partial charge in [0.15, 0.2) is 0 Å². The maximum absolute atomic E-state index is 13.1. The summed E-state index contributed by atoms with van der Waals surface area (Å²) in [5.74, 6) is 0.653. The third-order valence-electron chi connectivity index (χ3n) is 2.96. The van der Waals surface area contributed by atoms with Crippen LogP contribution in [-0.2, 0) is 15.9 Å². The third kappa shape index (κ3) is 2.44. The van der Waals surface area contributed by atoms with Crippen LogP contribution in [0, 0.1) is 0 Å². The molecule has 0 aromatic carbocycles. The van der Waals surface area contributed by atoms with Gasteiger partial charge in [0.1, 0.15) is 11.5 Å². The van der Waals surface area contributed by atoms with Gasteiger partial charge in [-0.2, -0.15) is 0 Å². The number of hydrogen-bond acceptors (Lipinski definition) is 4. The van der Waals surface area contributed by atoms with E-state index in [-0.39, 0.29) is 11.3 Å². The minimum Gasteiger partial charge on any atom is -0.370 e. The second-order valence-electron chi connectivity index (χ2n) is 4.10. The highest BCUT2D eigenvalue weighted by Crippen LogP contribution is 2.32. The summed E-state index contributed by atoms with van der Waals surface area (Å²) >= 11 is 0. The van der Waals surface area contributed by atoms with Crippen LogP contribution in [0.1, 0.15) is 36.0 Å². The Bertz CT molecular complexity index is 423. The van der Waals surface area contributed by atoms with Gasteiger partial charge in [-0.15, -0.1) is 0 Å². The summed E-state index contributed by atoms with van der Waals surface area (Å²) in [6, 6.07) is 1.50. The van der Waals surface area contributed by atoms with Crippen LogP contribution >= 0.6 is 0 Å². The average Bonchev–Trinajstić information content (AvgIpc) is 2.39. The van der Waals surface area contributed by atoms with Gasteiger partial charge in [-0.05, 0) is 24.5 Å². The lowest BCUT2D eigenvalue weighted by Crippen LogP contribution is -2.18. The van der Waals surface area contributed by atoms with Crippen LogP contribution in [0.3, 0.4) is 0 Å². The van der Waals surface area contributed by atoms with Gasteiger partial charge in [-0.1, -0.05) is 0 Å². The van der Waals surface area contributed by atoms with Crippen molar-refractivity contribution < 1.29 is 18.3 Å². The second-order valence-corrected chi connectivity index (χ2v) is 4.10. The van der Waals surface area contributed by atoms with Crippen LogP contribution in [0.2, 0.25) is 0 Å². The molecule has 18 heavy (non-hydrogen) atoms. The zero-order valence-electron chi connectivity index (χ0n) is 10.4. The number of methoxy groups -OCH3 is 2. The Balaban J connectivity index is 2.48. The van der Waals surface area contributed by atoms with E-state index < -0.39 is 12.7 Å². The molecule has 1 N–H and O–H groups in total. The predicted molar refractivity (Wildman–Crippen MR) is 62.8 cm³/mol. The van der Waals surface area contributed by atoms with Crippen molar-refractivity contribution in [1.29, 1.82) is 0 Å². The largest absolute Gasteiger partial charge is 0.370 e. The van der Waals surface area contributed by atoms with E-state index in [1.165, 1.54) is 20.3 Å². The van der Waals surface area contributed by atoms with Crippen LogP contribution in [0.4, 0.5) is 14.6 Å². The number of rotatable bonds is 4. The average molecular weight is 258 g/mol. The number of ether oxygens (including phenoxy) is 2. The lowest BCUT2D eigenvalue weighted by atomic mass is 10.0. The molecule has 2 rings (SSSR count). The van der Waals surface area contributed by atoms with Gasteiger partial charge in [0, 0.05) is 26.3 Å². The number of aryl methyl sites for hydroxylation is 1. The summed E-state index contributed by atoms with van der Waals surface area (Å²) in [4.78, 5) is 4.24. The molecule has 6 heteroatoms. The molecule has 0 spiro atoms. The van der Waals surface area contributed by atoms with Crippen molar-refractivity contribution in [3.05, 3.63) is 22.9 Å². The van der Waals surface area contributed by atoms with E-state index in [9.17, 15) is 8.78 Å². The van der Waals surface area contributed by atoms with Gasteiger partial charge < -0.3 is 14.8 Å². The Kier molecular flexibility index (Phi) is 4.08. The summed E-state index contributed by atoms with van der Waals surface area (Å²) in [6.45, 7) is 0.804. The van der Waals surface area contributed by atoms with Crippen molar-refractivity contribution in [3.63, 3.8) is 0 Å². The Labute approximate surface area is 104 Å². The van der Waals surface area contributed by atoms with E-state index in [0.717, 1.165) is 24.9 Å². The number of anilines is 1. The number of pyridine rings is 1. The summed E-state index contributed by atoms with van der Waals surface area (Å²) in [6.07, 6.45) is -1.77. The molecule has 0 unspecified atom stereocenters. The van der Waals surface area contributed by atoms with Gasteiger partial charge in [-0.25, -0.2) is 13.8 Å². The van der Waals surface area contributed by atoms with Gasteiger partial charge in [-0.3, -0.25) is 0 Å². The molecule has 0 fully saturated rings. The fourth-order valence-electron chi connectivity index (χ4n) is 2.10. The van der Waals surface area contributed by atoms with Crippen LogP contribution in [-0.4, -0.2) is 25.7 Å². The molecule has 1 aliphatic rings. The number of nitrogens with one attached hydrogen (secondary N) is 1. The van der Waals surface area contributed by atoms with Crippen LogP contribution in [0.5, 0.6) is 0 Å². The number of halogens is 2. The number of hydrogen-bond donors (Lipinski definition) is 1. The lowest BCUT2D eigenvalue weighted by molar-refractivity contribution is -0.110. The SMILES string of the molecule is COC(OC)c1nc2c(cc1C(F)F)CCCN2. The van der Waals surface area contributed by atoms with Crippen molar-refractivity contribution >= 4 is 5.82 Å². The van der Waals surface area contributed by atoms with E-state index in [2.05, 4.69) is 10.3 Å². The zero-order chi connectivity index (χ0) is 13.1. The number of nitrogens with zero attached hydrogens (tertiary/aromatic N) is 1. The standard InChI is InChI=1S/C12H16F2N2O2/c1-17-12(18-2)9-8(10(13)14)6-7-4-3-5-15-11(7)16-9/h6,10,12H,3-5H2,1-2H3,(H,15,16). The third-order valence-corrected chi connectivity index (χ3v) is 2.96. The molecule has 0 amide bonds. The molecule has 0 atom stereocenters. The minimum atomic E-state index is -2.59. The van der Waals surface area contributed by atoms with Crippen molar-refractivity contribution in [2.75, 3.05) is 26.1 Å². The molecular formula is C12H16F2N2O2. The highest BCUT2D eigenvalue weighted by atomic mass is 19.3. The normalized spacial score (nSPS) is 14.8. The van der Waals surface area contributed by atoms with Crippen molar-refractivity contribution in [2.45, 2.75) is 25.6 Å². The molecule has 1 aliphatic heterocycles. The molecular weight excluding hydrogens is 242 g/mol. The van der Waals surface area contributed by atoms with Crippen LogP contribution < -0.4 is 5.32 Å². The van der Waals surface area contributed by atoms with Crippen molar-refractivity contribution in [3.8, 4) is 0 Å². The maximum Gasteiger partial charge on any atom is 0.265 e. The minimum absolute atomic E-state index is 0.119. The van der Waals surface area contributed by atoms with E-state index in [0.29, 0.717) is 5.82 Å².